The second-order valence-corrected chi connectivity index (χ2v) is 8.19. The van der Waals surface area contributed by atoms with Crippen molar-refractivity contribution in [2.24, 2.45) is 5.92 Å². The van der Waals surface area contributed by atoms with Crippen molar-refractivity contribution in [2.75, 3.05) is 25.0 Å². The van der Waals surface area contributed by atoms with Gasteiger partial charge in [-0.05, 0) is 35.8 Å². The van der Waals surface area contributed by atoms with Gasteiger partial charge in [-0.2, -0.15) is 5.26 Å². The predicted octanol–water partition coefficient (Wildman–Crippen LogP) is 3.27. The van der Waals surface area contributed by atoms with Gasteiger partial charge >= 0.3 is 0 Å². The van der Waals surface area contributed by atoms with Crippen molar-refractivity contribution in [3.63, 3.8) is 0 Å². The largest absolute Gasteiger partial charge is 0.346 e. The first-order chi connectivity index (χ1) is 15.9. The first-order valence-corrected chi connectivity index (χ1v) is 11.4. The van der Waals surface area contributed by atoms with Gasteiger partial charge in [0.2, 0.25) is 11.8 Å². The Morgan fingerprint density at radius 3 is 2.52 bits per heavy atom. The number of amides is 2. The van der Waals surface area contributed by atoms with E-state index in [9.17, 15) is 14.4 Å². The van der Waals surface area contributed by atoms with E-state index in [1.807, 2.05) is 12.1 Å². The summed E-state index contributed by atoms with van der Waals surface area (Å²) in [5.41, 5.74) is 3.21. The monoisotopic (exact) mass is 504 g/mol. The van der Waals surface area contributed by atoms with E-state index in [1.54, 1.807) is 47.4 Å². The van der Waals surface area contributed by atoms with E-state index in [0.29, 0.717) is 23.2 Å². The van der Waals surface area contributed by atoms with Gasteiger partial charge in [-0.25, -0.2) is 4.85 Å². The number of Topliss-reactive ketones (excluding diaryl/α,β-unsaturated/α-hetero) is 1. The maximum atomic E-state index is 13.3. The molecule has 3 rings (SSSR count). The fraction of sp³-hybridized carbons (Fsp3) is 0.240. The number of nitrogens with one attached hydrogen (secondary N) is 1. The highest BCUT2D eigenvalue weighted by atomic mass is 79.9. The SMILES string of the molecule is [C-]#[N+]c1ccc(/C=C2\CN(C(=O)CNC(=O)CBr)CC(Cc3ccc(C#N)cc3)C2=O)cc1. The molecule has 2 aromatic carbocycles. The molecule has 33 heavy (non-hydrogen) atoms. The molecular formula is C25H21BrN4O3. The van der Waals surface area contributed by atoms with Crippen molar-refractivity contribution in [1.82, 2.24) is 10.2 Å². The van der Waals surface area contributed by atoms with Crippen LogP contribution in [-0.2, 0) is 20.8 Å². The number of benzene rings is 2. The molecular weight excluding hydrogens is 484 g/mol. The van der Waals surface area contributed by atoms with Gasteiger partial charge in [0.15, 0.2) is 11.5 Å². The number of halogens is 1. The van der Waals surface area contributed by atoms with E-state index in [2.05, 4.69) is 32.2 Å². The second kappa shape index (κ2) is 11.2. The molecule has 7 nitrogen and oxygen atoms in total. The van der Waals surface area contributed by atoms with E-state index >= 15 is 0 Å². The van der Waals surface area contributed by atoms with Crippen molar-refractivity contribution in [2.45, 2.75) is 6.42 Å². The van der Waals surface area contributed by atoms with Crippen LogP contribution in [0.15, 0.2) is 54.1 Å². The van der Waals surface area contributed by atoms with E-state index in [4.69, 9.17) is 11.8 Å². The average Bonchev–Trinajstić information content (AvgIpc) is 2.85. The van der Waals surface area contributed by atoms with Crippen molar-refractivity contribution < 1.29 is 14.4 Å². The Bertz CT molecular complexity index is 1160. The molecule has 0 bridgehead atoms. The van der Waals surface area contributed by atoms with Crippen LogP contribution in [0.3, 0.4) is 0 Å². The minimum absolute atomic E-state index is 0.0397. The third-order valence-corrected chi connectivity index (χ3v) is 5.84. The molecule has 0 saturated carbocycles. The number of hydrogen-bond donors (Lipinski definition) is 1. The number of ketones is 1. The first kappa shape index (κ1) is 23.9. The fourth-order valence-electron chi connectivity index (χ4n) is 3.60. The Morgan fingerprint density at radius 1 is 1.21 bits per heavy atom. The summed E-state index contributed by atoms with van der Waals surface area (Å²) in [5.74, 6) is -1.05. The average molecular weight is 505 g/mol. The summed E-state index contributed by atoms with van der Waals surface area (Å²) >= 11 is 3.05. The van der Waals surface area contributed by atoms with E-state index in [0.717, 1.165) is 11.1 Å². The normalized spacial score (nSPS) is 16.7. The Kier molecular flexibility index (Phi) is 8.12. The smallest absolute Gasteiger partial charge is 0.242 e. The number of likely N-dealkylation sites (tertiary alicyclic amines) is 1. The summed E-state index contributed by atoms with van der Waals surface area (Å²) in [6.45, 7) is 7.33. The number of carbonyl (C=O) groups excluding carboxylic acids is 3. The highest BCUT2D eigenvalue weighted by Crippen LogP contribution is 2.24. The maximum absolute atomic E-state index is 13.3. The summed E-state index contributed by atoms with van der Waals surface area (Å²) < 4.78 is 0. The lowest BCUT2D eigenvalue weighted by Crippen LogP contribution is -2.49. The van der Waals surface area contributed by atoms with Gasteiger partial charge < -0.3 is 10.2 Å². The lowest BCUT2D eigenvalue weighted by atomic mass is 9.86. The van der Waals surface area contributed by atoms with Crippen molar-refractivity contribution in [3.05, 3.63) is 82.2 Å². The molecule has 1 N–H and O–H groups in total. The highest BCUT2D eigenvalue weighted by molar-refractivity contribution is 9.09. The number of rotatable bonds is 6. The topological polar surface area (TPSA) is 94.6 Å². The Balaban J connectivity index is 1.85. The molecule has 0 aliphatic carbocycles. The Labute approximate surface area is 200 Å². The third-order valence-electron chi connectivity index (χ3n) is 5.33. The number of piperidine rings is 1. The van der Waals surface area contributed by atoms with Crippen LogP contribution < -0.4 is 5.32 Å². The molecule has 1 unspecified atom stereocenters. The molecule has 0 spiro atoms. The van der Waals surface area contributed by atoms with Crippen molar-refractivity contribution in [3.8, 4) is 6.07 Å². The minimum atomic E-state index is -0.448. The van der Waals surface area contributed by atoms with Gasteiger partial charge in [0.25, 0.3) is 0 Å². The zero-order valence-electron chi connectivity index (χ0n) is 17.8. The van der Waals surface area contributed by atoms with Crippen LogP contribution in [0.4, 0.5) is 5.69 Å². The molecule has 2 amide bonds. The zero-order valence-corrected chi connectivity index (χ0v) is 19.3. The molecule has 1 aliphatic rings. The van der Waals surface area contributed by atoms with Gasteiger partial charge in [0.1, 0.15) is 0 Å². The lowest BCUT2D eigenvalue weighted by molar-refractivity contribution is -0.135. The summed E-state index contributed by atoms with van der Waals surface area (Å²) in [6, 6.07) is 16.0. The maximum Gasteiger partial charge on any atom is 0.242 e. The van der Waals surface area contributed by atoms with Crippen LogP contribution in [0.25, 0.3) is 10.9 Å². The van der Waals surface area contributed by atoms with Crippen molar-refractivity contribution >= 4 is 45.3 Å². The quantitative estimate of drug-likeness (QED) is 0.371. The zero-order chi connectivity index (χ0) is 23.8. The molecule has 1 fully saturated rings. The van der Waals surface area contributed by atoms with Crippen molar-refractivity contribution in [1.29, 1.82) is 5.26 Å². The van der Waals surface area contributed by atoms with Crippen LogP contribution in [0.5, 0.6) is 0 Å². The number of hydrogen-bond acceptors (Lipinski definition) is 4. The highest BCUT2D eigenvalue weighted by Gasteiger charge is 2.33. The van der Waals surface area contributed by atoms with Crippen LogP contribution in [0.1, 0.15) is 16.7 Å². The molecule has 1 atom stereocenters. The van der Waals surface area contributed by atoms with Gasteiger partial charge in [-0.1, -0.05) is 52.3 Å². The predicted molar refractivity (Wildman–Crippen MR) is 127 cm³/mol. The Hall–Kier alpha value is -3.75. The molecule has 1 saturated heterocycles. The summed E-state index contributed by atoms with van der Waals surface area (Å²) in [7, 11) is 0. The molecule has 1 heterocycles. The number of carbonyl (C=O) groups is 3. The lowest BCUT2D eigenvalue weighted by Gasteiger charge is -2.33. The van der Waals surface area contributed by atoms with E-state index in [-0.39, 0.29) is 42.6 Å². The molecule has 0 aromatic heterocycles. The number of nitriles is 1. The molecule has 1 aliphatic heterocycles. The summed E-state index contributed by atoms with van der Waals surface area (Å²) in [5, 5.41) is 11.7. The standard InChI is InChI=1S/C25H21BrN4O3/c1-28-22-8-6-18(7-9-22)11-21-16-30(24(32)14-29-23(31)12-26)15-20(25(21)33)10-17-2-4-19(13-27)5-3-17/h2-9,11,20H,10,12,14-16H2,(H,29,31)/b21-11+. The van der Waals surface area contributed by atoms with E-state index in [1.165, 1.54) is 0 Å². The minimum Gasteiger partial charge on any atom is -0.346 e. The third kappa shape index (κ3) is 6.38. The second-order valence-electron chi connectivity index (χ2n) is 7.63. The van der Waals surface area contributed by atoms with Crippen LogP contribution >= 0.6 is 15.9 Å². The molecule has 8 heteroatoms. The molecule has 0 radical (unpaired) electrons. The van der Waals surface area contributed by atoms with Gasteiger partial charge in [0, 0.05) is 24.6 Å². The number of nitrogens with zero attached hydrogens (tertiary/aromatic N) is 3. The van der Waals surface area contributed by atoms with Crippen LogP contribution in [-0.4, -0.2) is 47.5 Å². The van der Waals surface area contributed by atoms with Gasteiger partial charge in [0.05, 0.1) is 30.1 Å². The first-order valence-electron chi connectivity index (χ1n) is 10.2. The van der Waals surface area contributed by atoms with Gasteiger partial charge in [-0.15, -0.1) is 0 Å². The van der Waals surface area contributed by atoms with E-state index < -0.39 is 5.92 Å². The summed E-state index contributed by atoms with van der Waals surface area (Å²) in [4.78, 5) is 42.5. The number of alkyl halides is 1. The Morgan fingerprint density at radius 2 is 1.91 bits per heavy atom. The van der Waals surface area contributed by atoms with Crippen LogP contribution in [0.2, 0.25) is 0 Å². The molecule has 166 valence electrons. The van der Waals surface area contributed by atoms with Crippen LogP contribution in [0, 0.1) is 23.8 Å². The summed E-state index contributed by atoms with van der Waals surface area (Å²) in [6.07, 6.45) is 2.18. The fourth-order valence-corrected chi connectivity index (χ4v) is 3.80. The van der Waals surface area contributed by atoms with Gasteiger partial charge in [-0.3, -0.25) is 14.4 Å². The molecule has 2 aromatic rings.